The van der Waals surface area contributed by atoms with Gasteiger partial charge in [0.2, 0.25) is 12.3 Å². The third-order valence-corrected chi connectivity index (χ3v) is 2.92. The molecule has 0 aliphatic carbocycles. The molecular formula is C14H16N4O2. The van der Waals surface area contributed by atoms with E-state index >= 15 is 0 Å². The lowest BCUT2D eigenvalue weighted by atomic mass is 10.1. The molecule has 1 heterocycles. The van der Waals surface area contributed by atoms with Crippen LogP contribution in [0.3, 0.4) is 0 Å². The van der Waals surface area contributed by atoms with Crippen molar-refractivity contribution in [3.63, 3.8) is 0 Å². The number of rotatable bonds is 5. The molecule has 2 N–H and O–H groups in total. The summed E-state index contributed by atoms with van der Waals surface area (Å²) in [5, 5.41) is 5.45. The summed E-state index contributed by atoms with van der Waals surface area (Å²) >= 11 is 0. The van der Waals surface area contributed by atoms with E-state index in [-0.39, 0.29) is 11.9 Å². The molecule has 1 atom stereocenters. The summed E-state index contributed by atoms with van der Waals surface area (Å²) in [5.41, 5.74) is 1.60. The van der Waals surface area contributed by atoms with Gasteiger partial charge in [0, 0.05) is 32.1 Å². The fraction of sp³-hybridized carbons (Fsp3) is 0.214. The van der Waals surface area contributed by atoms with Crippen molar-refractivity contribution in [1.82, 2.24) is 14.9 Å². The molecule has 20 heavy (non-hydrogen) atoms. The zero-order valence-corrected chi connectivity index (χ0v) is 11.3. The zero-order valence-electron chi connectivity index (χ0n) is 11.3. The van der Waals surface area contributed by atoms with Crippen LogP contribution in [0.1, 0.15) is 24.4 Å². The second-order valence-corrected chi connectivity index (χ2v) is 4.42. The minimum atomic E-state index is -0.320. The van der Waals surface area contributed by atoms with Crippen molar-refractivity contribution in [2.75, 3.05) is 5.32 Å². The molecule has 1 unspecified atom stereocenters. The number of imidazole rings is 1. The lowest BCUT2D eigenvalue weighted by molar-refractivity contribution is -0.114. The largest absolute Gasteiger partial charge is 0.345 e. The van der Waals surface area contributed by atoms with Gasteiger partial charge in [-0.25, -0.2) is 4.98 Å². The minimum Gasteiger partial charge on any atom is -0.345 e. The molecule has 0 aliphatic rings. The van der Waals surface area contributed by atoms with Gasteiger partial charge in [-0.2, -0.15) is 0 Å². The van der Waals surface area contributed by atoms with Crippen molar-refractivity contribution in [3.8, 4) is 0 Å². The van der Waals surface area contributed by atoms with Gasteiger partial charge >= 0.3 is 0 Å². The maximum Gasteiger partial charge on any atom is 0.221 e. The Hall–Kier alpha value is -2.63. The Kier molecular flexibility index (Phi) is 4.14. The Balaban J connectivity index is 2.28. The molecule has 0 radical (unpaired) electrons. The highest BCUT2D eigenvalue weighted by molar-refractivity contribution is 5.88. The number of aromatic nitrogens is 2. The first kappa shape index (κ1) is 13.8. The molecule has 0 bridgehead atoms. The number of carbonyl (C=O) groups excluding carboxylic acids is 2. The van der Waals surface area contributed by atoms with E-state index in [1.54, 1.807) is 18.3 Å². The second kappa shape index (κ2) is 6.01. The van der Waals surface area contributed by atoms with Gasteiger partial charge in [-0.3, -0.25) is 9.59 Å². The molecule has 0 aliphatic heterocycles. The Bertz CT molecular complexity index is 604. The molecule has 2 aromatic rings. The number of anilines is 1. The van der Waals surface area contributed by atoms with E-state index in [0.29, 0.717) is 12.1 Å². The summed E-state index contributed by atoms with van der Waals surface area (Å²) in [7, 11) is 1.87. The van der Waals surface area contributed by atoms with Crippen molar-refractivity contribution in [2.24, 2.45) is 7.05 Å². The molecule has 1 aromatic carbocycles. The van der Waals surface area contributed by atoms with Gasteiger partial charge in [0.25, 0.3) is 0 Å². The molecule has 1 aromatic heterocycles. The van der Waals surface area contributed by atoms with E-state index in [1.165, 1.54) is 6.92 Å². The number of nitrogens with one attached hydrogen (secondary N) is 2. The van der Waals surface area contributed by atoms with Crippen molar-refractivity contribution in [2.45, 2.75) is 13.0 Å². The normalized spacial score (nSPS) is 11.7. The highest BCUT2D eigenvalue weighted by Gasteiger charge is 2.17. The summed E-state index contributed by atoms with van der Waals surface area (Å²) in [6, 6.07) is 6.96. The second-order valence-electron chi connectivity index (χ2n) is 4.42. The highest BCUT2D eigenvalue weighted by atomic mass is 16.1. The van der Waals surface area contributed by atoms with Gasteiger partial charge < -0.3 is 15.2 Å². The molecular weight excluding hydrogens is 256 g/mol. The van der Waals surface area contributed by atoms with Gasteiger partial charge in [-0.05, 0) is 17.7 Å². The van der Waals surface area contributed by atoms with Crippen LogP contribution in [-0.2, 0) is 16.6 Å². The third-order valence-electron chi connectivity index (χ3n) is 2.92. The standard InChI is InChI=1S/C14H16N4O2/c1-10(20)17-12-5-3-11(4-6-12)13(16-9-19)14-15-7-8-18(14)2/h3-9,13H,1-2H3,(H,16,19)(H,17,20). The van der Waals surface area contributed by atoms with Crippen LogP contribution < -0.4 is 10.6 Å². The van der Waals surface area contributed by atoms with Crippen molar-refractivity contribution in [3.05, 3.63) is 48.0 Å². The average Bonchev–Trinajstić information content (AvgIpc) is 2.83. The molecule has 2 rings (SSSR count). The van der Waals surface area contributed by atoms with Crippen molar-refractivity contribution >= 4 is 18.0 Å². The van der Waals surface area contributed by atoms with Gasteiger partial charge in [-0.15, -0.1) is 0 Å². The maximum absolute atomic E-state index is 11.0. The Morgan fingerprint density at radius 2 is 2.05 bits per heavy atom. The van der Waals surface area contributed by atoms with Crippen LogP contribution in [0.2, 0.25) is 0 Å². The predicted molar refractivity (Wildman–Crippen MR) is 75.0 cm³/mol. The van der Waals surface area contributed by atoms with Gasteiger partial charge in [-0.1, -0.05) is 12.1 Å². The summed E-state index contributed by atoms with van der Waals surface area (Å²) in [4.78, 5) is 26.0. The SMILES string of the molecule is CC(=O)Nc1ccc(C(NC=O)c2nccn2C)cc1. The maximum atomic E-state index is 11.0. The van der Waals surface area contributed by atoms with Gasteiger partial charge in [0.15, 0.2) is 0 Å². The molecule has 0 saturated carbocycles. The minimum absolute atomic E-state index is 0.121. The van der Waals surface area contributed by atoms with Crippen molar-refractivity contribution in [1.29, 1.82) is 0 Å². The predicted octanol–water partition coefficient (Wildman–Crippen LogP) is 1.21. The van der Waals surface area contributed by atoms with Crippen LogP contribution in [0.5, 0.6) is 0 Å². The molecule has 0 spiro atoms. The van der Waals surface area contributed by atoms with Crippen LogP contribution in [0.4, 0.5) is 5.69 Å². The van der Waals surface area contributed by atoms with Crippen LogP contribution in [0.15, 0.2) is 36.7 Å². The molecule has 2 amide bonds. The van der Waals surface area contributed by atoms with E-state index in [1.807, 2.05) is 29.9 Å². The first-order valence-corrected chi connectivity index (χ1v) is 6.16. The van der Waals surface area contributed by atoms with Crippen molar-refractivity contribution < 1.29 is 9.59 Å². The van der Waals surface area contributed by atoms with Gasteiger partial charge in [0.1, 0.15) is 11.9 Å². The molecule has 6 nitrogen and oxygen atoms in total. The molecule has 104 valence electrons. The fourth-order valence-electron chi connectivity index (χ4n) is 2.01. The number of benzene rings is 1. The first-order chi connectivity index (χ1) is 9.61. The smallest absolute Gasteiger partial charge is 0.221 e. The van der Waals surface area contributed by atoms with Crippen LogP contribution in [0.25, 0.3) is 0 Å². The summed E-state index contributed by atoms with van der Waals surface area (Å²) in [6.07, 6.45) is 4.15. The number of carbonyl (C=O) groups is 2. The monoisotopic (exact) mass is 272 g/mol. The quantitative estimate of drug-likeness (QED) is 0.803. The van der Waals surface area contributed by atoms with Crippen LogP contribution in [-0.4, -0.2) is 21.9 Å². The number of nitrogens with zero attached hydrogens (tertiary/aromatic N) is 2. The summed E-state index contributed by atoms with van der Waals surface area (Å²) in [6.45, 7) is 1.46. The summed E-state index contributed by atoms with van der Waals surface area (Å²) < 4.78 is 1.85. The topological polar surface area (TPSA) is 76.0 Å². The fourth-order valence-corrected chi connectivity index (χ4v) is 2.01. The zero-order chi connectivity index (χ0) is 14.5. The average molecular weight is 272 g/mol. The Morgan fingerprint density at radius 3 is 2.55 bits per heavy atom. The van der Waals surface area contributed by atoms with E-state index in [9.17, 15) is 9.59 Å². The van der Waals surface area contributed by atoms with Crippen LogP contribution >= 0.6 is 0 Å². The van der Waals surface area contributed by atoms with E-state index in [4.69, 9.17) is 0 Å². The molecule has 0 saturated heterocycles. The number of hydrogen-bond donors (Lipinski definition) is 2. The van der Waals surface area contributed by atoms with E-state index in [0.717, 1.165) is 11.4 Å². The van der Waals surface area contributed by atoms with E-state index in [2.05, 4.69) is 15.6 Å². The number of amides is 2. The third kappa shape index (κ3) is 3.03. The lowest BCUT2D eigenvalue weighted by Crippen LogP contribution is -2.23. The van der Waals surface area contributed by atoms with E-state index < -0.39 is 0 Å². The molecule has 6 heteroatoms. The first-order valence-electron chi connectivity index (χ1n) is 6.16. The highest BCUT2D eigenvalue weighted by Crippen LogP contribution is 2.21. The molecule has 0 fully saturated rings. The summed E-state index contributed by atoms with van der Waals surface area (Å²) in [5.74, 6) is 0.619. The Labute approximate surface area is 116 Å². The van der Waals surface area contributed by atoms with Gasteiger partial charge in [0.05, 0.1) is 0 Å². The lowest BCUT2D eigenvalue weighted by Gasteiger charge is -2.16. The number of aryl methyl sites for hydroxylation is 1. The number of hydrogen-bond acceptors (Lipinski definition) is 3. The van der Waals surface area contributed by atoms with Crippen LogP contribution in [0, 0.1) is 0 Å². The Morgan fingerprint density at radius 1 is 1.35 bits per heavy atom.